The highest BCUT2D eigenvalue weighted by Gasteiger charge is 2.03. The molecule has 0 aliphatic heterocycles. The van der Waals surface area contributed by atoms with E-state index in [4.69, 9.17) is 9.47 Å². The first-order valence-electron chi connectivity index (χ1n) is 7.42. The van der Waals surface area contributed by atoms with Crippen LogP contribution >= 0.6 is 0 Å². The Balaban J connectivity index is 1.76. The Morgan fingerprint density at radius 2 is 1.42 bits per heavy atom. The standard InChI is InChI=1S/C18H18N4O2/c1-23-15-7-3-5-13(11-15)20-17-9-10-19-18(22-17)21-14-6-4-8-16(12-14)24-2/h3-12H,1-2H3,(H2,19,20,21,22). The van der Waals surface area contributed by atoms with Gasteiger partial charge in [0.15, 0.2) is 0 Å². The van der Waals surface area contributed by atoms with E-state index >= 15 is 0 Å². The lowest BCUT2D eigenvalue weighted by molar-refractivity contribution is 0.415. The van der Waals surface area contributed by atoms with Crippen LogP contribution in [0.1, 0.15) is 0 Å². The van der Waals surface area contributed by atoms with Crippen molar-refractivity contribution in [3.05, 3.63) is 60.8 Å². The SMILES string of the molecule is COc1cccc(Nc2ccnc(Nc3cccc(OC)c3)n2)c1. The van der Waals surface area contributed by atoms with Crippen molar-refractivity contribution in [2.24, 2.45) is 0 Å². The van der Waals surface area contributed by atoms with Gasteiger partial charge in [-0.05, 0) is 30.3 Å². The highest BCUT2D eigenvalue weighted by molar-refractivity contribution is 5.61. The number of hydrogen-bond acceptors (Lipinski definition) is 6. The van der Waals surface area contributed by atoms with Gasteiger partial charge in [-0.25, -0.2) is 4.98 Å². The number of benzene rings is 2. The Hall–Kier alpha value is -3.28. The van der Waals surface area contributed by atoms with E-state index < -0.39 is 0 Å². The molecular weight excluding hydrogens is 304 g/mol. The summed E-state index contributed by atoms with van der Waals surface area (Å²) in [5, 5.41) is 6.39. The molecule has 3 rings (SSSR count). The van der Waals surface area contributed by atoms with Crippen molar-refractivity contribution in [3.8, 4) is 11.5 Å². The fourth-order valence-electron chi connectivity index (χ4n) is 2.17. The molecule has 3 aromatic rings. The van der Waals surface area contributed by atoms with Gasteiger partial charge in [-0.1, -0.05) is 12.1 Å². The molecule has 122 valence electrons. The molecule has 0 fully saturated rings. The summed E-state index contributed by atoms with van der Waals surface area (Å²) in [6.45, 7) is 0. The van der Waals surface area contributed by atoms with Crippen molar-refractivity contribution in [2.75, 3.05) is 24.9 Å². The third-order valence-electron chi connectivity index (χ3n) is 3.32. The average Bonchev–Trinajstić information content (AvgIpc) is 2.62. The highest BCUT2D eigenvalue weighted by Crippen LogP contribution is 2.22. The smallest absolute Gasteiger partial charge is 0.229 e. The molecule has 6 heteroatoms. The van der Waals surface area contributed by atoms with Gasteiger partial charge in [0.1, 0.15) is 17.3 Å². The van der Waals surface area contributed by atoms with E-state index in [0.717, 1.165) is 22.9 Å². The first-order chi connectivity index (χ1) is 11.8. The minimum atomic E-state index is 0.496. The number of methoxy groups -OCH3 is 2. The molecule has 2 aromatic carbocycles. The Morgan fingerprint density at radius 3 is 2.04 bits per heavy atom. The summed E-state index contributed by atoms with van der Waals surface area (Å²) >= 11 is 0. The molecular formula is C18H18N4O2. The number of rotatable bonds is 6. The second-order valence-electron chi connectivity index (χ2n) is 4.98. The minimum Gasteiger partial charge on any atom is -0.497 e. The molecule has 0 unspecified atom stereocenters. The summed E-state index contributed by atoms with van der Waals surface area (Å²) in [4.78, 5) is 8.70. The second kappa shape index (κ2) is 7.32. The first kappa shape index (κ1) is 15.6. The fraction of sp³-hybridized carbons (Fsp3) is 0.111. The van der Waals surface area contributed by atoms with Crippen molar-refractivity contribution in [3.63, 3.8) is 0 Å². The summed E-state index contributed by atoms with van der Waals surface area (Å²) in [5.74, 6) is 2.73. The molecule has 24 heavy (non-hydrogen) atoms. The van der Waals surface area contributed by atoms with Gasteiger partial charge in [0.2, 0.25) is 5.95 Å². The molecule has 0 bridgehead atoms. The molecule has 0 amide bonds. The molecule has 0 spiro atoms. The van der Waals surface area contributed by atoms with E-state index in [0.29, 0.717) is 11.8 Å². The van der Waals surface area contributed by atoms with Gasteiger partial charge >= 0.3 is 0 Å². The average molecular weight is 322 g/mol. The Kier molecular flexibility index (Phi) is 4.76. The summed E-state index contributed by atoms with van der Waals surface area (Å²) < 4.78 is 10.4. The zero-order valence-corrected chi connectivity index (χ0v) is 13.5. The molecule has 0 radical (unpaired) electrons. The van der Waals surface area contributed by atoms with Crippen molar-refractivity contribution in [1.82, 2.24) is 9.97 Å². The van der Waals surface area contributed by atoms with Gasteiger partial charge < -0.3 is 20.1 Å². The van der Waals surface area contributed by atoms with Crippen LogP contribution in [-0.2, 0) is 0 Å². The molecule has 1 aromatic heterocycles. The molecule has 2 N–H and O–H groups in total. The van der Waals surface area contributed by atoms with Crippen LogP contribution in [0.4, 0.5) is 23.1 Å². The molecule has 0 atom stereocenters. The van der Waals surface area contributed by atoms with E-state index in [-0.39, 0.29) is 0 Å². The predicted octanol–water partition coefficient (Wildman–Crippen LogP) is 3.98. The van der Waals surface area contributed by atoms with Crippen LogP contribution in [0.2, 0.25) is 0 Å². The number of nitrogens with one attached hydrogen (secondary N) is 2. The van der Waals surface area contributed by atoms with Crippen LogP contribution in [-0.4, -0.2) is 24.2 Å². The highest BCUT2D eigenvalue weighted by atomic mass is 16.5. The molecule has 1 heterocycles. The van der Waals surface area contributed by atoms with Gasteiger partial charge in [-0.2, -0.15) is 4.98 Å². The zero-order valence-electron chi connectivity index (χ0n) is 13.5. The van der Waals surface area contributed by atoms with E-state index in [1.807, 2.05) is 48.5 Å². The minimum absolute atomic E-state index is 0.496. The van der Waals surface area contributed by atoms with Crippen LogP contribution in [0.15, 0.2) is 60.8 Å². The lowest BCUT2D eigenvalue weighted by atomic mass is 10.3. The lowest BCUT2D eigenvalue weighted by Crippen LogP contribution is -2.00. The lowest BCUT2D eigenvalue weighted by Gasteiger charge is -2.10. The maximum atomic E-state index is 5.22. The molecule has 6 nitrogen and oxygen atoms in total. The fourth-order valence-corrected chi connectivity index (χ4v) is 2.17. The summed E-state index contributed by atoms with van der Waals surface area (Å²) in [6.07, 6.45) is 1.69. The van der Waals surface area contributed by atoms with Crippen molar-refractivity contribution in [2.45, 2.75) is 0 Å². The molecule has 0 aliphatic rings. The van der Waals surface area contributed by atoms with Gasteiger partial charge in [0.25, 0.3) is 0 Å². The Morgan fingerprint density at radius 1 is 0.792 bits per heavy atom. The Labute approximate surface area is 140 Å². The van der Waals surface area contributed by atoms with Crippen LogP contribution in [0.5, 0.6) is 11.5 Å². The monoisotopic (exact) mass is 322 g/mol. The maximum absolute atomic E-state index is 5.22. The topological polar surface area (TPSA) is 68.3 Å². The summed E-state index contributed by atoms with van der Waals surface area (Å²) in [6, 6.07) is 17.0. The number of nitrogens with zero attached hydrogens (tertiary/aromatic N) is 2. The number of aromatic nitrogens is 2. The van der Waals surface area contributed by atoms with Gasteiger partial charge in [0.05, 0.1) is 14.2 Å². The first-order valence-corrected chi connectivity index (χ1v) is 7.42. The van der Waals surface area contributed by atoms with Crippen LogP contribution < -0.4 is 20.1 Å². The summed E-state index contributed by atoms with van der Waals surface area (Å²) in [7, 11) is 3.27. The van der Waals surface area contributed by atoms with Crippen molar-refractivity contribution >= 4 is 23.1 Å². The zero-order chi connectivity index (χ0) is 16.8. The van der Waals surface area contributed by atoms with Gasteiger partial charge in [0, 0.05) is 29.7 Å². The van der Waals surface area contributed by atoms with E-state index in [2.05, 4.69) is 20.6 Å². The van der Waals surface area contributed by atoms with Crippen molar-refractivity contribution in [1.29, 1.82) is 0 Å². The van der Waals surface area contributed by atoms with Crippen LogP contribution in [0.3, 0.4) is 0 Å². The maximum Gasteiger partial charge on any atom is 0.229 e. The second-order valence-corrected chi connectivity index (χ2v) is 4.98. The molecule has 0 saturated heterocycles. The number of hydrogen-bond donors (Lipinski definition) is 2. The van der Waals surface area contributed by atoms with Crippen LogP contribution in [0, 0.1) is 0 Å². The van der Waals surface area contributed by atoms with Gasteiger partial charge in [-0.3, -0.25) is 0 Å². The third-order valence-corrected chi connectivity index (χ3v) is 3.32. The quantitative estimate of drug-likeness (QED) is 0.715. The van der Waals surface area contributed by atoms with E-state index in [1.165, 1.54) is 0 Å². The van der Waals surface area contributed by atoms with Crippen molar-refractivity contribution < 1.29 is 9.47 Å². The largest absolute Gasteiger partial charge is 0.497 e. The summed E-state index contributed by atoms with van der Waals surface area (Å²) in [5.41, 5.74) is 1.74. The third kappa shape index (κ3) is 3.92. The van der Waals surface area contributed by atoms with Crippen LogP contribution in [0.25, 0.3) is 0 Å². The van der Waals surface area contributed by atoms with Gasteiger partial charge in [-0.15, -0.1) is 0 Å². The van der Waals surface area contributed by atoms with E-state index in [1.54, 1.807) is 26.5 Å². The number of anilines is 4. The predicted molar refractivity (Wildman–Crippen MR) is 94.6 cm³/mol. The van der Waals surface area contributed by atoms with E-state index in [9.17, 15) is 0 Å². The molecule has 0 saturated carbocycles. The molecule has 0 aliphatic carbocycles. The normalized spacial score (nSPS) is 10.1. The Bertz CT molecular complexity index is 759. The number of ether oxygens (including phenoxy) is 2.